The highest BCUT2D eigenvalue weighted by Crippen LogP contribution is 2.17. The van der Waals surface area contributed by atoms with Gasteiger partial charge in [-0.15, -0.1) is 11.3 Å². The lowest BCUT2D eigenvalue weighted by Gasteiger charge is -2.20. The molecule has 1 amide bonds. The van der Waals surface area contributed by atoms with Crippen LogP contribution in [-0.4, -0.2) is 12.5 Å². The second-order valence-corrected chi connectivity index (χ2v) is 5.75. The zero-order valence-electron chi connectivity index (χ0n) is 9.41. The first-order valence-corrected chi connectivity index (χ1v) is 5.85. The van der Waals surface area contributed by atoms with Crippen LogP contribution in [0.1, 0.15) is 31.7 Å². The highest BCUT2D eigenvalue weighted by molar-refractivity contribution is 7.10. The van der Waals surface area contributed by atoms with Crippen LogP contribution in [-0.2, 0) is 4.79 Å². The molecule has 0 fully saturated rings. The molecule has 1 atom stereocenters. The van der Waals surface area contributed by atoms with E-state index in [0.29, 0.717) is 6.54 Å². The predicted molar refractivity (Wildman–Crippen MR) is 63.7 cm³/mol. The Labute approximate surface area is 94.7 Å². The highest BCUT2D eigenvalue weighted by atomic mass is 32.1. The van der Waals surface area contributed by atoms with E-state index in [1.807, 2.05) is 17.5 Å². The lowest BCUT2D eigenvalue weighted by molar-refractivity contribution is -0.122. The van der Waals surface area contributed by atoms with E-state index in [4.69, 9.17) is 5.73 Å². The minimum absolute atomic E-state index is 0.0881. The third kappa shape index (κ3) is 4.01. The van der Waals surface area contributed by atoms with Gasteiger partial charge in [0.25, 0.3) is 0 Å². The Morgan fingerprint density at radius 1 is 1.60 bits per heavy atom. The van der Waals surface area contributed by atoms with Crippen LogP contribution >= 0.6 is 11.3 Å². The van der Waals surface area contributed by atoms with Gasteiger partial charge >= 0.3 is 0 Å². The minimum atomic E-state index is -0.535. The molecule has 0 spiro atoms. The second kappa shape index (κ2) is 4.77. The van der Waals surface area contributed by atoms with Gasteiger partial charge < -0.3 is 11.1 Å². The zero-order chi connectivity index (χ0) is 11.5. The molecule has 0 aliphatic carbocycles. The number of hydrogen-bond acceptors (Lipinski definition) is 3. The minimum Gasteiger partial charge on any atom is -0.354 e. The molecule has 0 aromatic carbocycles. The molecule has 3 nitrogen and oxygen atoms in total. The van der Waals surface area contributed by atoms with Crippen molar-refractivity contribution in [2.75, 3.05) is 6.54 Å². The first kappa shape index (κ1) is 12.2. The molecular formula is C11H18N2OS. The van der Waals surface area contributed by atoms with E-state index in [2.05, 4.69) is 26.1 Å². The lowest BCUT2D eigenvalue weighted by Crippen LogP contribution is -2.38. The first-order chi connectivity index (χ1) is 6.90. The largest absolute Gasteiger partial charge is 0.354 e. The van der Waals surface area contributed by atoms with Crippen molar-refractivity contribution in [1.82, 2.24) is 5.32 Å². The molecule has 1 rings (SSSR count). The van der Waals surface area contributed by atoms with Crippen molar-refractivity contribution < 1.29 is 4.79 Å². The molecule has 1 aromatic rings. The van der Waals surface area contributed by atoms with Crippen molar-refractivity contribution in [3.8, 4) is 0 Å². The third-order valence-corrected chi connectivity index (χ3v) is 2.88. The molecule has 1 aromatic heterocycles. The van der Waals surface area contributed by atoms with E-state index in [0.717, 1.165) is 4.88 Å². The number of amides is 1. The number of carbonyl (C=O) groups is 1. The van der Waals surface area contributed by atoms with E-state index in [1.165, 1.54) is 11.3 Å². The number of nitrogens with one attached hydrogen (secondary N) is 1. The summed E-state index contributed by atoms with van der Waals surface area (Å²) in [5.41, 5.74) is 5.90. The predicted octanol–water partition coefficient (Wildman–Crippen LogP) is 1.91. The monoisotopic (exact) mass is 226 g/mol. The lowest BCUT2D eigenvalue weighted by atomic mass is 9.97. The molecule has 84 valence electrons. The summed E-state index contributed by atoms with van der Waals surface area (Å²) in [4.78, 5) is 12.6. The first-order valence-electron chi connectivity index (χ1n) is 4.97. The van der Waals surface area contributed by atoms with Crippen molar-refractivity contribution in [2.45, 2.75) is 26.8 Å². The summed E-state index contributed by atoms with van der Waals surface area (Å²) in [6, 6.07) is 3.25. The van der Waals surface area contributed by atoms with E-state index in [-0.39, 0.29) is 11.3 Å². The maximum Gasteiger partial charge on any atom is 0.242 e. The molecule has 4 heteroatoms. The number of hydrogen-bond donors (Lipinski definition) is 2. The maximum atomic E-state index is 11.7. The van der Waals surface area contributed by atoms with E-state index < -0.39 is 6.04 Å². The average molecular weight is 226 g/mol. The summed E-state index contributed by atoms with van der Waals surface area (Å²) in [7, 11) is 0. The van der Waals surface area contributed by atoms with Gasteiger partial charge in [-0.25, -0.2) is 0 Å². The number of thiophene rings is 1. The number of nitrogens with two attached hydrogens (primary N) is 1. The molecule has 1 heterocycles. The molecule has 0 bridgehead atoms. The zero-order valence-corrected chi connectivity index (χ0v) is 10.2. The Bertz CT molecular complexity index is 314. The Morgan fingerprint density at radius 2 is 2.27 bits per heavy atom. The summed E-state index contributed by atoms with van der Waals surface area (Å²) in [6.07, 6.45) is 0. The highest BCUT2D eigenvalue weighted by Gasteiger charge is 2.18. The van der Waals surface area contributed by atoms with E-state index >= 15 is 0 Å². The van der Waals surface area contributed by atoms with Gasteiger partial charge in [-0.3, -0.25) is 4.79 Å². The molecule has 1 unspecified atom stereocenters. The van der Waals surface area contributed by atoms with Crippen molar-refractivity contribution in [1.29, 1.82) is 0 Å². The number of rotatable bonds is 3. The van der Waals surface area contributed by atoms with Gasteiger partial charge in [-0.2, -0.15) is 0 Å². The Morgan fingerprint density at radius 3 is 2.73 bits per heavy atom. The number of carbonyl (C=O) groups excluding carboxylic acids is 1. The average Bonchev–Trinajstić information content (AvgIpc) is 2.64. The van der Waals surface area contributed by atoms with Crippen molar-refractivity contribution in [2.24, 2.45) is 11.1 Å². The van der Waals surface area contributed by atoms with Crippen molar-refractivity contribution in [3.63, 3.8) is 0 Å². The fourth-order valence-corrected chi connectivity index (χ4v) is 1.78. The van der Waals surface area contributed by atoms with Gasteiger partial charge in [0.2, 0.25) is 5.91 Å². The van der Waals surface area contributed by atoms with Gasteiger partial charge in [0, 0.05) is 11.4 Å². The molecular weight excluding hydrogens is 208 g/mol. The normalized spacial score (nSPS) is 13.6. The van der Waals surface area contributed by atoms with Crippen molar-refractivity contribution in [3.05, 3.63) is 22.4 Å². The maximum absolute atomic E-state index is 11.7. The quantitative estimate of drug-likeness (QED) is 0.827. The summed E-state index contributed by atoms with van der Waals surface area (Å²) in [5.74, 6) is -0.104. The van der Waals surface area contributed by atoms with Crippen LogP contribution < -0.4 is 11.1 Å². The fourth-order valence-electron chi connectivity index (χ4n) is 1.06. The fraction of sp³-hybridized carbons (Fsp3) is 0.545. The van der Waals surface area contributed by atoms with E-state index in [1.54, 1.807) is 0 Å². The van der Waals surface area contributed by atoms with Crippen LogP contribution in [0.3, 0.4) is 0 Å². The SMILES string of the molecule is CC(C)(C)CNC(=O)C(N)c1cccs1. The van der Waals surface area contributed by atoms with Crippen LogP contribution in [0.5, 0.6) is 0 Å². The summed E-state index contributed by atoms with van der Waals surface area (Å²) >= 11 is 1.51. The Kier molecular flexibility index (Phi) is 3.88. The third-order valence-electron chi connectivity index (χ3n) is 1.93. The Balaban J connectivity index is 2.48. The second-order valence-electron chi connectivity index (χ2n) is 4.77. The van der Waals surface area contributed by atoms with E-state index in [9.17, 15) is 4.79 Å². The molecule has 0 saturated heterocycles. The van der Waals surface area contributed by atoms with Gasteiger partial charge in [0.05, 0.1) is 0 Å². The molecule has 15 heavy (non-hydrogen) atoms. The van der Waals surface area contributed by atoms with Crippen LogP contribution in [0, 0.1) is 5.41 Å². The molecule has 0 saturated carbocycles. The summed E-state index contributed by atoms with van der Waals surface area (Å²) in [5, 5.41) is 4.78. The molecule has 0 aliphatic rings. The Hall–Kier alpha value is -0.870. The van der Waals surface area contributed by atoms with Crippen LogP contribution in [0.25, 0.3) is 0 Å². The van der Waals surface area contributed by atoms with Crippen molar-refractivity contribution >= 4 is 17.2 Å². The van der Waals surface area contributed by atoms with Gasteiger partial charge in [0.15, 0.2) is 0 Å². The molecule has 0 aliphatic heterocycles. The van der Waals surface area contributed by atoms with Gasteiger partial charge in [-0.1, -0.05) is 26.8 Å². The van der Waals surface area contributed by atoms with Crippen LogP contribution in [0.2, 0.25) is 0 Å². The van der Waals surface area contributed by atoms with Gasteiger partial charge in [0.1, 0.15) is 6.04 Å². The van der Waals surface area contributed by atoms with Crippen LogP contribution in [0.15, 0.2) is 17.5 Å². The topological polar surface area (TPSA) is 55.1 Å². The molecule has 0 radical (unpaired) electrons. The smallest absolute Gasteiger partial charge is 0.242 e. The summed E-state index contributed by atoms with van der Waals surface area (Å²) in [6.45, 7) is 6.86. The van der Waals surface area contributed by atoms with Crippen LogP contribution in [0.4, 0.5) is 0 Å². The summed E-state index contributed by atoms with van der Waals surface area (Å²) < 4.78 is 0. The standard InChI is InChI=1S/C11H18N2OS/c1-11(2,3)7-13-10(14)9(12)8-5-4-6-15-8/h4-6,9H,7,12H2,1-3H3,(H,13,14). The molecule has 3 N–H and O–H groups in total. The van der Waals surface area contributed by atoms with Gasteiger partial charge in [-0.05, 0) is 16.9 Å².